The summed E-state index contributed by atoms with van der Waals surface area (Å²) in [4.78, 5) is 26.6. The first-order valence-electron chi connectivity index (χ1n) is 4.19. The van der Waals surface area contributed by atoms with Crippen molar-refractivity contribution in [1.29, 1.82) is 0 Å². The molecule has 1 rings (SSSR count). The zero-order chi connectivity index (χ0) is 9.84. The molecule has 0 aromatic heterocycles. The molecule has 4 nitrogen and oxygen atoms in total. The lowest BCUT2D eigenvalue weighted by molar-refractivity contribution is -0.136. The zero-order valence-electron chi connectivity index (χ0n) is 7.74. The number of ketones is 1. The highest BCUT2D eigenvalue weighted by Gasteiger charge is 2.26. The van der Waals surface area contributed by atoms with Crippen molar-refractivity contribution in [3.05, 3.63) is 12.2 Å². The Morgan fingerprint density at radius 3 is 2.92 bits per heavy atom. The second kappa shape index (κ2) is 4.18. The fourth-order valence-electron chi connectivity index (χ4n) is 1.33. The standard InChI is InChI=1S/C9H13NO3/c1-6(9(12)10-13-2)7-3-4-8(11)5-7/h3-4,6-7H,5H2,1-2H3,(H,10,12)/t6-,7?/m0/s1. The molecule has 0 heterocycles. The molecule has 0 saturated heterocycles. The number of amides is 1. The van der Waals surface area contributed by atoms with E-state index in [9.17, 15) is 9.59 Å². The summed E-state index contributed by atoms with van der Waals surface area (Å²) in [7, 11) is 1.39. The number of allylic oxidation sites excluding steroid dienone is 2. The number of hydrogen-bond acceptors (Lipinski definition) is 3. The molecule has 0 radical (unpaired) electrons. The van der Waals surface area contributed by atoms with Crippen molar-refractivity contribution in [2.24, 2.45) is 11.8 Å². The molecule has 4 heteroatoms. The largest absolute Gasteiger partial charge is 0.295 e. The normalized spacial score (nSPS) is 23.2. The van der Waals surface area contributed by atoms with E-state index in [0.29, 0.717) is 6.42 Å². The van der Waals surface area contributed by atoms with Crippen molar-refractivity contribution in [2.75, 3.05) is 7.11 Å². The van der Waals surface area contributed by atoms with E-state index in [1.165, 1.54) is 13.2 Å². The summed E-state index contributed by atoms with van der Waals surface area (Å²) >= 11 is 0. The number of hydroxylamine groups is 1. The van der Waals surface area contributed by atoms with Gasteiger partial charge in [-0.15, -0.1) is 0 Å². The Hall–Kier alpha value is -1.16. The average molecular weight is 183 g/mol. The Bertz CT molecular complexity index is 247. The number of hydrogen-bond donors (Lipinski definition) is 1. The van der Waals surface area contributed by atoms with Gasteiger partial charge in [-0.1, -0.05) is 13.0 Å². The molecule has 1 amide bonds. The highest BCUT2D eigenvalue weighted by Crippen LogP contribution is 2.23. The molecule has 1 N–H and O–H groups in total. The molecule has 1 aliphatic rings. The molecule has 0 spiro atoms. The fourth-order valence-corrected chi connectivity index (χ4v) is 1.33. The molecule has 0 aromatic carbocycles. The Morgan fingerprint density at radius 2 is 2.46 bits per heavy atom. The van der Waals surface area contributed by atoms with E-state index >= 15 is 0 Å². The molecule has 13 heavy (non-hydrogen) atoms. The third-order valence-electron chi connectivity index (χ3n) is 2.22. The van der Waals surface area contributed by atoms with Crippen molar-refractivity contribution < 1.29 is 14.4 Å². The minimum absolute atomic E-state index is 0.0163. The van der Waals surface area contributed by atoms with Gasteiger partial charge in [-0.3, -0.25) is 14.4 Å². The van der Waals surface area contributed by atoms with Crippen LogP contribution in [0.15, 0.2) is 12.2 Å². The van der Waals surface area contributed by atoms with Crippen molar-refractivity contribution in [1.82, 2.24) is 5.48 Å². The zero-order valence-corrected chi connectivity index (χ0v) is 7.74. The summed E-state index contributed by atoms with van der Waals surface area (Å²) in [6.07, 6.45) is 3.74. The molecule has 0 aliphatic heterocycles. The summed E-state index contributed by atoms with van der Waals surface area (Å²) in [5, 5.41) is 0. The van der Waals surface area contributed by atoms with Crippen LogP contribution in [0.4, 0.5) is 0 Å². The van der Waals surface area contributed by atoms with Crippen LogP contribution < -0.4 is 5.48 Å². The van der Waals surface area contributed by atoms with Crippen LogP contribution in [0, 0.1) is 11.8 Å². The predicted molar refractivity (Wildman–Crippen MR) is 46.6 cm³/mol. The quantitative estimate of drug-likeness (QED) is 0.646. The monoisotopic (exact) mass is 183 g/mol. The van der Waals surface area contributed by atoms with Gasteiger partial charge in [0.05, 0.1) is 7.11 Å². The second-order valence-electron chi connectivity index (χ2n) is 3.15. The molecule has 0 bridgehead atoms. The van der Waals surface area contributed by atoms with E-state index in [4.69, 9.17) is 0 Å². The van der Waals surface area contributed by atoms with E-state index in [2.05, 4.69) is 10.3 Å². The Balaban J connectivity index is 2.48. The van der Waals surface area contributed by atoms with Gasteiger partial charge in [-0.2, -0.15) is 0 Å². The lowest BCUT2D eigenvalue weighted by Crippen LogP contribution is -2.31. The minimum Gasteiger partial charge on any atom is -0.295 e. The maximum atomic E-state index is 11.3. The molecule has 0 saturated carbocycles. The summed E-state index contributed by atoms with van der Waals surface area (Å²) in [5.74, 6) is -0.306. The summed E-state index contributed by atoms with van der Waals surface area (Å²) in [5.41, 5.74) is 2.25. The Kier molecular flexibility index (Phi) is 3.19. The summed E-state index contributed by atoms with van der Waals surface area (Å²) in [6.45, 7) is 1.78. The molecule has 2 atom stereocenters. The Morgan fingerprint density at radius 1 is 1.77 bits per heavy atom. The van der Waals surface area contributed by atoms with Crippen molar-refractivity contribution in [3.8, 4) is 0 Å². The topological polar surface area (TPSA) is 55.4 Å². The van der Waals surface area contributed by atoms with Crippen LogP contribution in [0.2, 0.25) is 0 Å². The first-order chi connectivity index (χ1) is 6.15. The van der Waals surface area contributed by atoms with Crippen LogP contribution in [0.3, 0.4) is 0 Å². The summed E-state index contributed by atoms with van der Waals surface area (Å²) in [6, 6.07) is 0. The predicted octanol–water partition coefficient (Wildman–Crippen LogP) is 0.445. The van der Waals surface area contributed by atoms with E-state index in [1.54, 1.807) is 13.0 Å². The molecular formula is C9H13NO3. The highest BCUT2D eigenvalue weighted by atomic mass is 16.6. The van der Waals surface area contributed by atoms with E-state index in [-0.39, 0.29) is 23.5 Å². The van der Waals surface area contributed by atoms with Crippen molar-refractivity contribution >= 4 is 11.7 Å². The molecule has 0 aromatic rings. The average Bonchev–Trinajstić information content (AvgIpc) is 2.51. The van der Waals surface area contributed by atoms with Crippen LogP contribution in [0.5, 0.6) is 0 Å². The third-order valence-corrected chi connectivity index (χ3v) is 2.22. The van der Waals surface area contributed by atoms with Gasteiger partial charge in [0.25, 0.3) is 0 Å². The maximum Gasteiger partial charge on any atom is 0.246 e. The first kappa shape index (κ1) is 9.92. The van der Waals surface area contributed by atoms with Crippen LogP contribution in [-0.2, 0) is 14.4 Å². The van der Waals surface area contributed by atoms with Crippen LogP contribution in [-0.4, -0.2) is 18.8 Å². The SMILES string of the molecule is CONC(=O)[C@@H](C)C1C=CC(=O)C1. The third kappa shape index (κ3) is 2.39. The molecule has 0 fully saturated rings. The lowest BCUT2D eigenvalue weighted by Gasteiger charge is -2.15. The fraction of sp³-hybridized carbons (Fsp3) is 0.556. The van der Waals surface area contributed by atoms with Crippen molar-refractivity contribution in [3.63, 3.8) is 0 Å². The number of rotatable bonds is 3. The smallest absolute Gasteiger partial charge is 0.246 e. The van der Waals surface area contributed by atoms with Gasteiger partial charge in [0.15, 0.2) is 5.78 Å². The minimum atomic E-state index is -0.220. The Labute approximate surface area is 76.9 Å². The van der Waals surface area contributed by atoms with Crippen LogP contribution in [0.1, 0.15) is 13.3 Å². The first-order valence-corrected chi connectivity index (χ1v) is 4.19. The van der Waals surface area contributed by atoms with E-state index < -0.39 is 0 Å². The van der Waals surface area contributed by atoms with Gasteiger partial charge in [0.2, 0.25) is 5.91 Å². The van der Waals surface area contributed by atoms with Gasteiger partial charge >= 0.3 is 0 Å². The van der Waals surface area contributed by atoms with E-state index in [1.807, 2.05) is 0 Å². The summed E-state index contributed by atoms with van der Waals surface area (Å²) < 4.78 is 0. The van der Waals surface area contributed by atoms with Gasteiger partial charge in [0, 0.05) is 12.3 Å². The van der Waals surface area contributed by atoms with Gasteiger partial charge in [-0.05, 0) is 12.0 Å². The van der Waals surface area contributed by atoms with Crippen LogP contribution >= 0.6 is 0 Å². The molecule has 72 valence electrons. The second-order valence-corrected chi connectivity index (χ2v) is 3.15. The van der Waals surface area contributed by atoms with Gasteiger partial charge in [-0.25, -0.2) is 5.48 Å². The van der Waals surface area contributed by atoms with Crippen LogP contribution in [0.25, 0.3) is 0 Å². The number of carbonyl (C=O) groups excluding carboxylic acids is 2. The maximum absolute atomic E-state index is 11.3. The molecular weight excluding hydrogens is 170 g/mol. The number of nitrogens with one attached hydrogen (secondary N) is 1. The lowest BCUT2D eigenvalue weighted by atomic mass is 9.93. The van der Waals surface area contributed by atoms with Gasteiger partial charge < -0.3 is 0 Å². The van der Waals surface area contributed by atoms with E-state index in [0.717, 1.165) is 0 Å². The highest BCUT2D eigenvalue weighted by molar-refractivity contribution is 5.93. The number of carbonyl (C=O) groups is 2. The van der Waals surface area contributed by atoms with Crippen molar-refractivity contribution in [2.45, 2.75) is 13.3 Å². The molecule has 1 unspecified atom stereocenters. The van der Waals surface area contributed by atoms with Gasteiger partial charge in [0.1, 0.15) is 0 Å². The molecule has 1 aliphatic carbocycles.